The molecule has 0 aromatic heterocycles. The molecule has 1 saturated heterocycles. The fraction of sp³-hybridized carbons (Fsp3) is 0.462. The van der Waals surface area contributed by atoms with Crippen LogP contribution in [0.3, 0.4) is 0 Å². The molecule has 21 heavy (non-hydrogen) atoms. The first-order chi connectivity index (χ1) is 9.85. The van der Waals surface area contributed by atoms with Crippen molar-refractivity contribution in [2.75, 3.05) is 17.3 Å². The highest BCUT2D eigenvalue weighted by Gasteiger charge is 2.37. The number of halogens is 2. The summed E-state index contributed by atoms with van der Waals surface area (Å²) in [5, 5.41) is 2.82. The van der Waals surface area contributed by atoms with Gasteiger partial charge in [-0.1, -0.05) is 23.7 Å². The number of amides is 1. The number of sulfone groups is 1. The van der Waals surface area contributed by atoms with Crippen molar-refractivity contribution in [2.45, 2.75) is 17.2 Å². The molecule has 1 N–H and O–H groups in total. The van der Waals surface area contributed by atoms with Crippen molar-refractivity contribution >= 4 is 50.7 Å². The third-order valence-corrected chi connectivity index (χ3v) is 6.68. The van der Waals surface area contributed by atoms with Gasteiger partial charge in [0.05, 0.1) is 28.7 Å². The molecule has 0 aliphatic carbocycles. The van der Waals surface area contributed by atoms with E-state index in [1.807, 2.05) is 12.1 Å². The first-order valence-corrected chi connectivity index (χ1v) is 10.1. The molecular weight excluding hydrogens is 353 g/mol. The zero-order chi connectivity index (χ0) is 15.5. The van der Waals surface area contributed by atoms with Gasteiger partial charge in [-0.15, -0.1) is 23.4 Å². The summed E-state index contributed by atoms with van der Waals surface area (Å²) in [4.78, 5) is 11.8. The standard InChI is InChI=1S/C13H15Cl2NO3S2/c14-10-3-1-9(2-4-10)5-20-6-13(17)16-12-8-21(18,19)7-11(12)15/h1-4,11-12H,5-8H2,(H,16,17)/t11-,12-/m1/s1. The summed E-state index contributed by atoms with van der Waals surface area (Å²) in [5.74, 6) is 0.619. The molecule has 0 unspecified atom stereocenters. The van der Waals surface area contributed by atoms with Gasteiger partial charge in [0.1, 0.15) is 0 Å². The lowest BCUT2D eigenvalue weighted by molar-refractivity contribution is -0.119. The zero-order valence-corrected chi connectivity index (χ0v) is 14.2. The van der Waals surface area contributed by atoms with Crippen LogP contribution in [-0.4, -0.2) is 43.0 Å². The third kappa shape index (κ3) is 5.36. The van der Waals surface area contributed by atoms with E-state index in [1.54, 1.807) is 12.1 Å². The number of nitrogens with one attached hydrogen (secondary N) is 1. The number of hydrogen-bond donors (Lipinski definition) is 1. The van der Waals surface area contributed by atoms with Crippen LogP contribution in [0.2, 0.25) is 5.02 Å². The fourth-order valence-electron chi connectivity index (χ4n) is 2.03. The van der Waals surface area contributed by atoms with Crippen molar-refractivity contribution in [3.05, 3.63) is 34.9 Å². The second kappa shape index (κ2) is 7.22. The maximum absolute atomic E-state index is 11.8. The molecule has 0 bridgehead atoms. The van der Waals surface area contributed by atoms with E-state index in [1.165, 1.54) is 11.8 Å². The van der Waals surface area contributed by atoms with Gasteiger partial charge >= 0.3 is 0 Å². The highest BCUT2D eigenvalue weighted by molar-refractivity contribution is 7.99. The van der Waals surface area contributed by atoms with Gasteiger partial charge in [-0.05, 0) is 17.7 Å². The summed E-state index contributed by atoms with van der Waals surface area (Å²) < 4.78 is 22.8. The Hall–Kier alpha value is -0.430. The molecule has 0 radical (unpaired) electrons. The summed E-state index contributed by atoms with van der Waals surface area (Å²) >= 11 is 13.2. The second-order valence-electron chi connectivity index (χ2n) is 4.89. The molecule has 2 rings (SSSR count). The molecule has 116 valence electrons. The van der Waals surface area contributed by atoms with E-state index in [0.717, 1.165) is 5.56 Å². The maximum Gasteiger partial charge on any atom is 0.230 e. The Morgan fingerprint density at radius 1 is 1.29 bits per heavy atom. The average molecular weight is 368 g/mol. The number of carbonyl (C=O) groups is 1. The van der Waals surface area contributed by atoms with Crippen molar-refractivity contribution in [3.8, 4) is 0 Å². The van der Waals surface area contributed by atoms with Gasteiger partial charge < -0.3 is 5.32 Å². The lowest BCUT2D eigenvalue weighted by atomic mass is 10.2. The average Bonchev–Trinajstić information content (AvgIpc) is 2.64. The van der Waals surface area contributed by atoms with E-state index < -0.39 is 21.3 Å². The van der Waals surface area contributed by atoms with E-state index in [0.29, 0.717) is 10.8 Å². The minimum absolute atomic E-state index is 0.0720. The predicted molar refractivity (Wildman–Crippen MR) is 87.8 cm³/mol. The quantitative estimate of drug-likeness (QED) is 0.809. The van der Waals surface area contributed by atoms with E-state index in [9.17, 15) is 13.2 Å². The monoisotopic (exact) mass is 367 g/mol. The van der Waals surface area contributed by atoms with E-state index in [2.05, 4.69) is 5.32 Å². The Labute approximate surface area is 138 Å². The highest BCUT2D eigenvalue weighted by Crippen LogP contribution is 2.19. The van der Waals surface area contributed by atoms with Gasteiger partial charge in [0.25, 0.3) is 0 Å². The Kier molecular flexibility index (Phi) is 5.82. The van der Waals surface area contributed by atoms with E-state index in [-0.39, 0.29) is 23.2 Å². The molecule has 1 fully saturated rings. The van der Waals surface area contributed by atoms with Crippen LogP contribution in [0.4, 0.5) is 0 Å². The van der Waals surface area contributed by atoms with Gasteiger partial charge in [-0.2, -0.15) is 0 Å². The molecule has 8 heteroatoms. The van der Waals surface area contributed by atoms with Crippen molar-refractivity contribution in [1.29, 1.82) is 0 Å². The number of carbonyl (C=O) groups excluding carboxylic acids is 1. The summed E-state index contributed by atoms with van der Waals surface area (Å²) in [6, 6.07) is 6.94. The normalized spacial score (nSPS) is 23.9. The molecule has 0 spiro atoms. The number of thioether (sulfide) groups is 1. The molecule has 1 amide bonds. The van der Waals surface area contributed by atoms with Crippen LogP contribution in [0.5, 0.6) is 0 Å². The molecule has 1 aromatic carbocycles. The van der Waals surface area contributed by atoms with E-state index in [4.69, 9.17) is 23.2 Å². The van der Waals surface area contributed by atoms with Crippen molar-refractivity contribution in [3.63, 3.8) is 0 Å². The Balaban J connectivity index is 1.74. The minimum Gasteiger partial charge on any atom is -0.350 e. The third-order valence-electron chi connectivity index (χ3n) is 3.04. The lowest BCUT2D eigenvalue weighted by Gasteiger charge is -2.14. The first kappa shape index (κ1) is 16.9. The SMILES string of the molecule is O=C(CSCc1ccc(Cl)cc1)N[C@@H]1CS(=O)(=O)C[C@H]1Cl. The molecule has 1 heterocycles. The lowest BCUT2D eigenvalue weighted by Crippen LogP contribution is -2.41. The van der Waals surface area contributed by atoms with Crippen LogP contribution >= 0.6 is 35.0 Å². The Bertz CT molecular complexity index is 604. The number of rotatable bonds is 5. The number of benzene rings is 1. The van der Waals surface area contributed by atoms with Crippen LogP contribution in [0, 0.1) is 0 Å². The largest absolute Gasteiger partial charge is 0.350 e. The zero-order valence-electron chi connectivity index (χ0n) is 11.1. The molecule has 4 nitrogen and oxygen atoms in total. The summed E-state index contributed by atoms with van der Waals surface area (Å²) in [5.41, 5.74) is 1.08. The van der Waals surface area contributed by atoms with Gasteiger partial charge in [-0.25, -0.2) is 8.42 Å². The molecule has 2 atom stereocenters. The summed E-state index contributed by atoms with van der Waals surface area (Å²) in [6.45, 7) is 0. The number of hydrogen-bond acceptors (Lipinski definition) is 4. The Morgan fingerprint density at radius 2 is 1.95 bits per heavy atom. The van der Waals surface area contributed by atoms with Crippen LogP contribution in [0.15, 0.2) is 24.3 Å². The first-order valence-electron chi connectivity index (χ1n) is 6.32. The molecule has 1 aromatic rings. The highest BCUT2D eigenvalue weighted by atomic mass is 35.5. The molecule has 1 aliphatic heterocycles. The van der Waals surface area contributed by atoms with Crippen molar-refractivity contribution in [2.24, 2.45) is 0 Å². The van der Waals surface area contributed by atoms with Gasteiger partial charge in [0.2, 0.25) is 5.91 Å². The van der Waals surface area contributed by atoms with Gasteiger partial charge in [0.15, 0.2) is 9.84 Å². The van der Waals surface area contributed by atoms with Crippen LogP contribution in [-0.2, 0) is 20.4 Å². The smallest absolute Gasteiger partial charge is 0.230 e. The van der Waals surface area contributed by atoms with Crippen LogP contribution in [0.1, 0.15) is 5.56 Å². The molecule has 1 aliphatic rings. The van der Waals surface area contributed by atoms with Gasteiger partial charge in [0, 0.05) is 10.8 Å². The van der Waals surface area contributed by atoms with Crippen molar-refractivity contribution in [1.82, 2.24) is 5.32 Å². The Morgan fingerprint density at radius 3 is 2.52 bits per heavy atom. The predicted octanol–water partition coefficient (Wildman–Crippen LogP) is 2.09. The van der Waals surface area contributed by atoms with Crippen LogP contribution in [0.25, 0.3) is 0 Å². The number of alkyl halides is 1. The summed E-state index contributed by atoms with van der Waals surface area (Å²) in [6.07, 6.45) is 0. The molecular formula is C13H15Cl2NO3S2. The molecule has 0 saturated carbocycles. The fourth-order valence-corrected chi connectivity index (χ4v) is 5.50. The van der Waals surface area contributed by atoms with Gasteiger partial charge in [-0.3, -0.25) is 4.79 Å². The van der Waals surface area contributed by atoms with Crippen molar-refractivity contribution < 1.29 is 13.2 Å². The minimum atomic E-state index is -3.12. The van der Waals surface area contributed by atoms with E-state index >= 15 is 0 Å². The second-order valence-corrected chi connectivity index (χ2v) is 9.02. The topological polar surface area (TPSA) is 63.2 Å². The van der Waals surface area contributed by atoms with Crippen LogP contribution < -0.4 is 5.32 Å². The maximum atomic E-state index is 11.8. The summed E-state index contributed by atoms with van der Waals surface area (Å²) in [7, 11) is -3.12.